The number of aromatic nitrogens is 6. The molecule has 5 rings (SSSR count). The molecule has 0 aliphatic heterocycles. The van der Waals surface area contributed by atoms with Crippen LogP contribution in [-0.2, 0) is 6.42 Å². The summed E-state index contributed by atoms with van der Waals surface area (Å²) in [6.07, 6.45) is 0.648. The van der Waals surface area contributed by atoms with Gasteiger partial charge in [0, 0.05) is 11.3 Å². The summed E-state index contributed by atoms with van der Waals surface area (Å²) in [5.74, 6) is 0.0427. The fourth-order valence-corrected chi connectivity index (χ4v) is 3.37. The van der Waals surface area contributed by atoms with Crippen molar-refractivity contribution in [2.24, 2.45) is 0 Å². The van der Waals surface area contributed by atoms with E-state index in [0.717, 1.165) is 27.9 Å². The molecule has 0 fully saturated rings. The number of aryl methyl sites for hydroxylation is 1. The minimum absolute atomic E-state index is 0.128. The molecule has 2 N–H and O–H groups in total. The van der Waals surface area contributed by atoms with Gasteiger partial charge in [0.05, 0.1) is 11.0 Å². The number of imidazole rings is 1. The van der Waals surface area contributed by atoms with Gasteiger partial charge in [0.2, 0.25) is 0 Å². The molecule has 0 atom stereocenters. The van der Waals surface area contributed by atoms with Gasteiger partial charge >= 0.3 is 5.56 Å². The molecule has 0 spiro atoms. The molecule has 0 aliphatic carbocycles. The highest BCUT2D eigenvalue weighted by molar-refractivity contribution is 5.81. The number of rotatable bonds is 3. The van der Waals surface area contributed by atoms with Crippen molar-refractivity contribution in [2.75, 3.05) is 0 Å². The van der Waals surface area contributed by atoms with Crippen molar-refractivity contribution >= 4 is 16.7 Å². The monoisotopic (exact) mass is 374 g/mol. The molecule has 0 bridgehead atoms. The van der Waals surface area contributed by atoms with Gasteiger partial charge in [0.1, 0.15) is 5.82 Å². The Labute approximate surface area is 157 Å². The zero-order valence-electron chi connectivity index (χ0n) is 14.9. The van der Waals surface area contributed by atoms with E-state index in [1.54, 1.807) is 12.1 Å². The first-order valence-corrected chi connectivity index (χ1v) is 8.87. The van der Waals surface area contributed by atoms with E-state index in [-0.39, 0.29) is 17.1 Å². The molecule has 7 nitrogen and oxygen atoms in total. The van der Waals surface area contributed by atoms with Crippen molar-refractivity contribution in [3.63, 3.8) is 0 Å². The number of hydrogen-bond donors (Lipinski definition) is 2. The third-order valence-electron chi connectivity index (χ3n) is 4.73. The standard InChI is InChI=1S/C20H15FN6O/c1-2-13-16(11-7-9-12(21)10-8-11)19-25-24-17(20(28)27(19)26-13)18-22-14-5-3-4-6-15(14)23-18/h3-10,26H,2H2,1H3,(H,22,23). The van der Waals surface area contributed by atoms with Crippen LogP contribution in [0.5, 0.6) is 0 Å². The fourth-order valence-electron chi connectivity index (χ4n) is 3.37. The highest BCUT2D eigenvalue weighted by Crippen LogP contribution is 2.27. The topological polar surface area (TPSA) is 91.7 Å². The summed E-state index contributed by atoms with van der Waals surface area (Å²) in [4.78, 5) is 20.6. The predicted molar refractivity (Wildman–Crippen MR) is 103 cm³/mol. The van der Waals surface area contributed by atoms with E-state index in [1.807, 2.05) is 31.2 Å². The molecule has 3 aromatic heterocycles. The Morgan fingerprint density at radius 3 is 2.61 bits per heavy atom. The zero-order valence-corrected chi connectivity index (χ0v) is 14.9. The van der Waals surface area contributed by atoms with Crippen LogP contribution in [-0.4, -0.2) is 29.8 Å². The first kappa shape index (κ1) is 16.4. The minimum Gasteiger partial charge on any atom is -0.336 e. The first-order valence-electron chi connectivity index (χ1n) is 8.87. The van der Waals surface area contributed by atoms with Crippen molar-refractivity contribution in [3.8, 4) is 22.6 Å². The third kappa shape index (κ3) is 2.42. The molecule has 0 radical (unpaired) electrons. The largest absolute Gasteiger partial charge is 0.336 e. The lowest BCUT2D eigenvalue weighted by Crippen LogP contribution is -2.20. The van der Waals surface area contributed by atoms with Crippen LogP contribution in [0.1, 0.15) is 12.6 Å². The van der Waals surface area contributed by atoms with E-state index in [0.29, 0.717) is 17.9 Å². The van der Waals surface area contributed by atoms with Crippen molar-refractivity contribution in [2.45, 2.75) is 13.3 Å². The summed E-state index contributed by atoms with van der Waals surface area (Å²) < 4.78 is 14.7. The summed E-state index contributed by atoms with van der Waals surface area (Å²) in [5, 5.41) is 11.5. The van der Waals surface area contributed by atoms with Gasteiger partial charge in [-0.1, -0.05) is 31.2 Å². The van der Waals surface area contributed by atoms with Gasteiger partial charge in [0.25, 0.3) is 0 Å². The number of hydrogen-bond acceptors (Lipinski definition) is 4. The van der Waals surface area contributed by atoms with Crippen LogP contribution in [0.3, 0.4) is 0 Å². The van der Waals surface area contributed by atoms with Gasteiger partial charge in [-0.25, -0.2) is 9.37 Å². The van der Waals surface area contributed by atoms with Gasteiger partial charge in [-0.15, -0.1) is 10.2 Å². The van der Waals surface area contributed by atoms with Crippen LogP contribution in [0.25, 0.3) is 39.3 Å². The third-order valence-corrected chi connectivity index (χ3v) is 4.73. The molecule has 2 aromatic carbocycles. The Morgan fingerprint density at radius 2 is 1.86 bits per heavy atom. The summed E-state index contributed by atoms with van der Waals surface area (Å²) in [6, 6.07) is 13.6. The van der Waals surface area contributed by atoms with Crippen LogP contribution < -0.4 is 5.56 Å². The molecular formula is C20H15FN6O. The Balaban J connectivity index is 1.74. The van der Waals surface area contributed by atoms with Crippen LogP contribution in [0, 0.1) is 5.82 Å². The van der Waals surface area contributed by atoms with E-state index in [2.05, 4.69) is 25.3 Å². The SMILES string of the molecule is CCc1[nH]n2c(=O)c(-c3nc4ccccc4[nH]3)nnc2c1-c1ccc(F)cc1. The normalized spacial score (nSPS) is 11.5. The average molecular weight is 374 g/mol. The lowest BCUT2D eigenvalue weighted by molar-refractivity contribution is 0.628. The maximum Gasteiger partial charge on any atom is 0.302 e. The average Bonchev–Trinajstić information content (AvgIpc) is 3.30. The number of nitrogens with zero attached hydrogens (tertiary/aromatic N) is 4. The van der Waals surface area contributed by atoms with E-state index in [4.69, 9.17) is 0 Å². The Hall–Kier alpha value is -3.81. The molecule has 3 heterocycles. The Morgan fingerprint density at radius 1 is 1.07 bits per heavy atom. The predicted octanol–water partition coefficient (Wildman–Crippen LogP) is 3.33. The maximum atomic E-state index is 13.3. The maximum absolute atomic E-state index is 13.3. The smallest absolute Gasteiger partial charge is 0.302 e. The van der Waals surface area contributed by atoms with Gasteiger partial charge < -0.3 is 4.98 Å². The quantitative estimate of drug-likeness (QED) is 0.507. The van der Waals surface area contributed by atoms with E-state index in [9.17, 15) is 9.18 Å². The van der Waals surface area contributed by atoms with Crippen molar-refractivity contribution in [1.82, 2.24) is 29.8 Å². The van der Waals surface area contributed by atoms with Gasteiger partial charge in [-0.05, 0) is 36.2 Å². The second-order valence-corrected chi connectivity index (χ2v) is 6.44. The highest BCUT2D eigenvalue weighted by atomic mass is 19.1. The van der Waals surface area contributed by atoms with Gasteiger partial charge in [0.15, 0.2) is 17.2 Å². The second-order valence-electron chi connectivity index (χ2n) is 6.44. The van der Waals surface area contributed by atoms with Crippen molar-refractivity contribution in [3.05, 3.63) is 70.4 Å². The molecule has 138 valence electrons. The molecule has 8 heteroatoms. The molecule has 28 heavy (non-hydrogen) atoms. The lowest BCUT2D eigenvalue weighted by Gasteiger charge is -2.01. The number of halogens is 1. The van der Waals surface area contributed by atoms with Crippen LogP contribution >= 0.6 is 0 Å². The Bertz CT molecular complexity index is 1350. The molecule has 0 saturated carbocycles. The van der Waals surface area contributed by atoms with Gasteiger partial charge in [-0.2, -0.15) is 4.52 Å². The zero-order chi connectivity index (χ0) is 19.3. The fraction of sp³-hybridized carbons (Fsp3) is 0.100. The van der Waals surface area contributed by atoms with Crippen LogP contribution in [0.15, 0.2) is 53.3 Å². The number of para-hydroxylation sites is 2. The molecule has 0 aliphatic rings. The molecular weight excluding hydrogens is 359 g/mol. The first-order chi connectivity index (χ1) is 13.7. The number of H-pyrrole nitrogens is 2. The summed E-state index contributed by atoms with van der Waals surface area (Å²) in [5.41, 5.74) is 4.06. The Kier molecular flexibility index (Phi) is 3.58. The van der Waals surface area contributed by atoms with Crippen molar-refractivity contribution in [1.29, 1.82) is 0 Å². The summed E-state index contributed by atoms with van der Waals surface area (Å²) in [7, 11) is 0. The number of fused-ring (bicyclic) bond motifs is 2. The highest BCUT2D eigenvalue weighted by Gasteiger charge is 2.20. The number of benzene rings is 2. The van der Waals surface area contributed by atoms with Crippen LogP contribution in [0.4, 0.5) is 4.39 Å². The number of aromatic amines is 2. The number of nitrogens with one attached hydrogen (secondary N) is 2. The molecule has 5 aromatic rings. The second kappa shape index (κ2) is 6.12. The minimum atomic E-state index is -0.355. The van der Waals surface area contributed by atoms with E-state index >= 15 is 0 Å². The van der Waals surface area contributed by atoms with E-state index in [1.165, 1.54) is 16.6 Å². The molecule has 0 unspecified atom stereocenters. The van der Waals surface area contributed by atoms with E-state index < -0.39 is 0 Å². The van der Waals surface area contributed by atoms with Gasteiger partial charge in [-0.3, -0.25) is 9.89 Å². The summed E-state index contributed by atoms with van der Waals surface area (Å²) >= 11 is 0. The molecule has 0 saturated heterocycles. The molecule has 0 amide bonds. The van der Waals surface area contributed by atoms with Crippen LogP contribution in [0.2, 0.25) is 0 Å². The van der Waals surface area contributed by atoms with Crippen molar-refractivity contribution < 1.29 is 4.39 Å². The lowest BCUT2D eigenvalue weighted by atomic mass is 10.0. The summed E-state index contributed by atoms with van der Waals surface area (Å²) in [6.45, 7) is 1.97.